The first kappa shape index (κ1) is 8.13. The third-order valence-electron chi connectivity index (χ3n) is 0.637. The van der Waals surface area contributed by atoms with Crippen LogP contribution in [0.1, 0.15) is 0 Å². The van der Waals surface area contributed by atoms with Crippen LogP contribution in [0.5, 0.6) is 0 Å². The lowest BCUT2D eigenvalue weighted by atomic mass is 10.4. The Balaban J connectivity index is 3.52. The summed E-state index contributed by atoms with van der Waals surface area (Å²) in [6.07, 6.45) is 0. The summed E-state index contributed by atoms with van der Waals surface area (Å²) < 4.78 is 2.27. The first-order chi connectivity index (χ1) is 3.72. The largest absolute Gasteiger partial charge is 0.480 e. The molecular weight excluding hydrogens is 146 g/mol. The van der Waals surface area contributed by atoms with Crippen LogP contribution in [-0.2, 0) is 4.79 Å². The fourth-order valence-corrected chi connectivity index (χ4v) is 0.767. The van der Waals surface area contributed by atoms with Crippen molar-refractivity contribution in [2.45, 2.75) is 6.04 Å². The monoisotopic (exact) mass is 153 g/mol. The molecule has 0 amide bonds. The van der Waals surface area contributed by atoms with Crippen LogP contribution < -0.4 is 4.72 Å². The Morgan fingerprint density at radius 3 is 2.38 bits per heavy atom. The van der Waals surface area contributed by atoms with Crippen molar-refractivity contribution < 1.29 is 9.90 Å². The molecule has 0 fully saturated rings. The fraction of sp³-hybridized carbons (Fsp3) is 0.667. The number of nitrogens with one attached hydrogen (secondary N) is 1. The zero-order chi connectivity index (χ0) is 6.57. The first-order valence-corrected chi connectivity index (χ1v) is 3.03. The van der Waals surface area contributed by atoms with Crippen molar-refractivity contribution >= 4 is 31.4 Å². The molecule has 0 radical (unpaired) electrons. The number of carbonyl (C=O) groups is 1. The predicted octanol–water partition coefficient (Wildman–Crippen LogP) is -0.196. The minimum Gasteiger partial charge on any atom is -0.480 e. The van der Waals surface area contributed by atoms with Crippen LogP contribution in [0.25, 0.3) is 0 Å². The van der Waals surface area contributed by atoms with E-state index in [1.807, 2.05) is 0 Å². The molecule has 0 aromatic carbocycles. The highest BCUT2D eigenvalue weighted by atomic mass is 32.1. The van der Waals surface area contributed by atoms with Crippen LogP contribution in [-0.4, -0.2) is 22.9 Å². The summed E-state index contributed by atoms with van der Waals surface area (Å²) in [5.74, 6) is -0.686. The zero-order valence-corrected chi connectivity index (χ0v) is 5.82. The summed E-state index contributed by atoms with van der Waals surface area (Å²) in [5, 5.41) is 8.21. The second kappa shape index (κ2) is 4.05. The molecule has 5 heteroatoms. The number of aliphatic carboxylic acids is 1. The van der Waals surface area contributed by atoms with Gasteiger partial charge >= 0.3 is 5.97 Å². The molecule has 0 saturated heterocycles. The van der Waals surface area contributed by atoms with E-state index in [1.54, 1.807) is 0 Å². The van der Waals surface area contributed by atoms with E-state index >= 15 is 0 Å². The fourth-order valence-electron chi connectivity index (χ4n) is 0.174. The summed E-state index contributed by atoms with van der Waals surface area (Å²) >= 11 is 7.30. The third kappa shape index (κ3) is 2.44. The molecule has 48 valence electrons. The Kier molecular flexibility index (Phi) is 4.12. The molecule has 0 bridgehead atoms. The van der Waals surface area contributed by atoms with E-state index in [4.69, 9.17) is 5.11 Å². The van der Waals surface area contributed by atoms with E-state index in [0.29, 0.717) is 0 Å². The number of carboxylic acid groups (broad SMARTS) is 1. The standard InChI is InChI=1S/C3H7NO2S2/c5-3(6)2(1-7)4-8/h2,4,7-8H,1H2,(H,5,6). The molecule has 0 aliphatic rings. The highest BCUT2D eigenvalue weighted by molar-refractivity contribution is 7.80. The van der Waals surface area contributed by atoms with Gasteiger partial charge in [-0.15, -0.1) is 0 Å². The van der Waals surface area contributed by atoms with E-state index in [9.17, 15) is 4.79 Å². The topological polar surface area (TPSA) is 49.3 Å². The Bertz CT molecular complexity index is 83.4. The number of rotatable bonds is 3. The van der Waals surface area contributed by atoms with E-state index in [-0.39, 0.29) is 5.75 Å². The molecule has 2 N–H and O–H groups in total. The summed E-state index contributed by atoms with van der Waals surface area (Å²) in [7, 11) is 0. The van der Waals surface area contributed by atoms with Crippen molar-refractivity contribution in [2.75, 3.05) is 5.75 Å². The Morgan fingerprint density at radius 1 is 1.88 bits per heavy atom. The third-order valence-corrected chi connectivity index (χ3v) is 1.31. The van der Waals surface area contributed by atoms with Gasteiger partial charge in [0, 0.05) is 5.75 Å². The van der Waals surface area contributed by atoms with Crippen LogP contribution in [0, 0.1) is 0 Å². The highest BCUT2D eigenvalue weighted by Gasteiger charge is 2.11. The van der Waals surface area contributed by atoms with E-state index in [2.05, 4.69) is 30.2 Å². The van der Waals surface area contributed by atoms with Gasteiger partial charge in [0.05, 0.1) is 0 Å². The van der Waals surface area contributed by atoms with Crippen molar-refractivity contribution in [1.29, 1.82) is 0 Å². The van der Waals surface area contributed by atoms with Gasteiger partial charge in [0.15, 0.2) is 0 Å². The highest BCUT2D eigenvalue weighted by Crippen LogP contribution is 1.87. The van der Waals surface area contributed by atoms with Gasteiger partial charge in [-0.05, 0) is 0 Å². The molecule has 0 saturated carbocycles. The van der Waals surface area contributed by atoms with E-state index in [0.717, 1.165) is 0 Å². The predicted molar refractivity (Wildman–Crippen MR) is 37.4 cm³/mol. The molecule has 0 spiro atoms. The number of hydrogen-bond acceptors (Lipinski definition) is 4. The maximum absolute atomic E-state index is 10.0. The van der Waals surface area contributed by atoms with E-state index in [1.165, 1.54) is 0 Å². The lowest BCUT2D eigenvalue weighted by Gasteiger charge is -2.03. The molecule has 1 unspecified atom stereocenters. The second-order valence-electron chi connectivity index (χ2n) is 1.20. The average Bonchev–Trinajstić information content (AvgIpc) is 1.69. The average molecular weight is 153 g/mol. The van der Waals surface area contributed by atoms with Crippen LogP contribution in [0.3, 0.4) is 0 Å². The lowest BCUT2D eigenvalue weighted by molar-refractivity contribution is -0.138. The minimum absolute atomic E-state index is 0.249. The van der Waals surface area contributed by atoms with Crippen molar-refractivity contribution in [3.8, 4) is 0 Å². The second-order valence-corrected chi connectivity index (χ2v) is 1.83. The number of carboxylic acids is 1. The summed E-state index contributed by atoms with van der Waals surface area (Å²) in [6.45, 7) is 0. The number of thiol groups is 2. The van der Waals surface area contributed by atoms with E-state index < -0.39 is 12.0 Å². The van der Waals surface area contributed by atoms with Gasteiger partial charge in [-0.3, -0.25) is 9.52 Å². The van der Waals surface area contributed by atoms with Gasteiger partial charge in [0.2, 0.25) is 0 Å². The minimum atomic E-state index is -0.935. The first-order valence-electron chi connectivity index (χ1n) is 1.95. The van der Waals surface area contributed by atoms with Gasteiger partial charge in [0.1, 0.15) is 6.04 Å². The van der Waals surface area contributed by atoms with Crippen LogP contribution in [0.2, 0.25) is 0 Å². The van der Waals surface area contributed by atoms with Gasteiger partial charge < -0.3 is 5.11 Å². The van der Waals surface area contributed by atoms with Crippen LogP contribution in [0.4, 0.5) is 0 Å². The van der Waals surface area contributed by atoms with Crippen LogP contribution >= 0.6 is 25.4 Å². The molecule has 0 rings (SSSR count). The maximum Gasteiger partial charge on any atom is 0.322 e. The molecule has 8 heavy (non-hydrogen) atoms. The maximum atomic E-state index is 10.0. The molecule has 0 aliphatic carbocycles. The molecule has 0 heterocycles. The molecule has 3 nitrogen and oxygen atoms in total. The van der Waals surface area contributed by atoms with Crippen molar-refractivity contribution in [1.82, 2.24) is 4.72 Å². The van der Waals surface area contributed by atoms with Gasteiger partial charge in [-0.2, -0.15) is 12.6 Å². The van der Waals surface area contributed by atoms with Crippen molar-refractivity contribution in [2.24, 2.45) is 0 Å². The molecule has 0 aliphatic heterocycles. The smallest absolute Gasteiger partial charge is 0.322 e. The molecular formula is C3H7NO2S2. The molecule has 0 aromatic heterocycles. The lowest BCUT2D eigenvalue weighted by Crippen LogP contribution is -2.32. The van der Waals surface area contributed by atoms with Gasteiger partial charge in [-0.1, -0.05) is 12.8 Å². The Hall–Kier alpha value is 0.130. The summed E-state index contributed by atoms with van der Waals surface area (Å²) in [5.41, 5.74) is 0. The van der Waals surface area contributed by atoms with Crippen LogP contribution in [0.15, 0.2) is 0 Å². The Labute approximate surface area is 58.4 Å². The van der Waals surface area contributed by atoms with Gasteiger partial charge in [-0.25, -0.2) is 0 Å². The van der Waals surface area contributed by atoms with Crippen molar-refractivity contribution in [3.05, 3.63) is 0 Å². The quantitative estimate of drug-likeness (QED) is 0.425. The van der Waals surface area contributed by atoms with Gasteiger partial charge in [0.25, 0.3) is 0 Å². The normalized spacial score (nSPS) is 13.2. The summed E-state index contributed by atoms with van der Waals surface area (Å²) in [6, 6.07) is -0.651. The Morgan fingerprint density at radius 2 is 2.38 bits per heavy atom. The van der Waals surface area contributed by atoms with Crippen molar-refractivity contribution in [3.63, 3.8) is 0 Å². The summed E-state index contributed by atoms with van der Waals surface area (Å²) in [4.78, 5) is 10.0. The SMILES string of the molecule is O=C(O)C(CS)NS. The number of hydrogen-bond donors (Lipinski definition) is 4. The molecule has 0 aromatic rings. The zero-order valence-electron chi connectivity index (χ0n) is 4.03. The molecule has 1 atom stereocenters.